The molecule has 0 saturated carbocycles. The Hall–Kier alpha value is -1.83. The summed E-state index contributed by atoms with van der Waals surface area (Å²) in [7, 11) is 0. The normalized spacial score (nSPS) is 13.5. The molecule has 0 bridgehead atoms. The minimum absolute atomic E-state index is 0.0137. The average molecular weight is 244 g/mol. The molecule has 9 N–H and O–H groups in total. The first-order valence-corrected chi connectivity index (χ1v) is 5.25. The molecule has 0 rings (SSSR count). The Kier molecular flexibility index (Phi) is 6.64. The van der Waals surface area contributed by atoms with Gasteiger partial charge in [0.15, 0.2) is 5.96 Å². The molecule has 0 saturated heterocycles. The van der Waals surface area contributed by atoms with Gasteiger partial charge < -0.3 is 28.3 Å². The van der Waals surface area contributed by atoms with Crippen molar-refractivity contribution in [3.8, 4) is 0 Å². The first-order chi connectivity index (χ1) is 7.84. The summed E-state index contributed by atoms with van der Waals surface area (Å²) in [5.41, 5.74) is 20.8. The van der Waals surface area contributed by atoms with Crippen LogP contribution < -0.4 is 28.3 Å². The van der Waals surface area contributed by atoms with Crippen LogP contribution in [0.3, 0.4) is 0 Å². The lowest BCUT2D eigenvalue weighted by Gasteiger charge is -2.16. The van der Waals surface area contributed by atoms with Gasteiger partial charge in [0.05, 0.1) is 6.04 Å². The highest BCUT2D eigenvalue weighted by molar-refractivity contribution is 5.88. The van der Waals surface area contributed by atoms with Gasteiger partial charge in [-0.3, -0.25) is 14.6 Å². The van der Waals surface area contributed by atoms with Crippen molar-refractivity contribution < 1.29 is 9.59 Å². The van der Waals surface area contributed by atoms with E-state index in [2.05, 4.69) is 10.3 Å². The molecule has 0 aliphatic carbocycles. The van der Waals surface area contributed by atoms with Crippen LogP contribution in [-0.4, -0.2) is 36.4 Å². The van der Waals surface area contributed by atoms with Gasteiger partial charge in [0, 0.05) is 6.54 Å². The fourth-order valence-corrected chi connectivity index (χ4v) is 1.09. The lowest BCUT2D eigenvalue weighted by Crippen LogP contribution is -2.49. The Bertz CT molecular complexity index is 298. The molecule has 8 heteroatoms. The number of nitrogens with zero attached hydrogens (tertiary/aromatic N) is 1. The van der Waals surface area contributed by atoms with Gasteiger partial charge in [0.25, 0.3) is 0 Å². The van der Waals surface area contributed by atoms with Crippen molar-refractivity contribution >= 4 is 17.8 Å². The van der Waals surface area contributed by atoms with Gasteiger partial charge in [-0.15, -0.1) is 0 Å². The molecule has 0 aromatic heterocycles. The zero-order valence-corrected chi connectivity index (χ0v) is 9.85. The van der Waals surface area contributed by atoms with Crippen LogP contribution in [0, 0.1) is 0 Å². The number of rotatable bonds is 7. The van der Waals surface area contributed by atoms with E-state index in [1.807, 2.05) is 0 Å². The Balaban J connectivity index is 4.13. The van der Waals surface area contributed by atoms with E-state index in [4.69, 9.17) is 22.9 Å². The fraction of sp³-hybridized carbons (Fsp3) is 0.667. The van der Waals surface area contributed by atoms with Crippen LogP contribution in [0.2, 0.25) is 0 Å². The standard InChI is InChI=1S/C9H20N6O2/c1-5(10)8(17)15-6(7(11)16)3-2-4-14-9(12)13/h5-6H,2-4,10H2,1H3,(H2,11,16)(H,15,17)(H4,12,13,14). The van der Waals surface area contributed by atoms with Crippen LogP contribution >= 0.6 is 0 Å². The number of carbonyl (C=O) groups is 2. The molecule has 2 atom stereocenters. The zero-order chi connectivity index (χ0) is 13.4. The Morgan fingerprint density at radius 3 is 2.29 bits per heavy atom. The maximum absolute atomic E-state index is 11.3. The van der Waals surface area contributed by atoms with Gasteiger partial charge >= 0.3 is 0 Å². The molecule has 2 unspecified atom stereocenters. The number of aliphatic imine (C=N–C) groups is 1. The highest BCUT2D eigenvalue weighted by Gasteiger charge is 2.19. The number of nitrogens with one attached hydrogen (secondary N) is 1. The smallest absolute Gasteiger partial charge is 0.240 e. The second kappa shape index (κ2) is 7.44. The second-order valence-corrected chi connectivity index (χ2v) is 3.70. The van der Waals surface area contributed by atoms with Gasteiger partial charge in [0.2, 0.25) is 11.8 Å². The summed E-state index contributed by atoms with van der Waals surface area (Å²) in [4.78, 5) is 26.1. The number of hydrogen-bond donors (Lipinski definition) is 5. The van der Waals surface area contributed by atoms with Crippen LogP contribution in [0.4, 0.5) is 0 Å². The summed E-state index contributed by atoms with van der Waals surface area (Å²) in [6.07, 6.45) is 0.898. The van der Waals surface area contributed by atoms with E-state index < -0.39 is 23.9 Å². The van der Waals surface area contributed by atoms with Crippen molar-refractivity contribution in [1.29, 1.82) is 0 Å². The van der Waals surface area contributed by atoms with Crippen molar-refractivity contribution in [2.45, 2.75) is 31.8 Å². The van der Waals surface area contributed by atoms with Gasteiger partial charge in [-0.2, -0.15) is 0 Å². The lowest BCUT2D eigenvalue weighted by molar-refractivity contribution is -0.128. The summed E-state index contributed by atoms with van der Waals surface area (Å²) in [5, 5.41) is 2.45. The largest absolute Gasteiger partial charge is 0.370 e. The second-order valence-electron chi connectivity index (χ2n) is 3.70. The molecule has 2 amide bonds. The first kappa shape index (κ1) is 15.2. The molecule has 0 heterocycles. The van der Waals surface area contributed by atoms with Gasteiger partial charge in [-0.05, 0) is 19.8 Å². The number of carbonyl (C=O) groups excluding carboxylic acids is 2. The Morgan fingerprint density at radius 2 is 1.88 bits per heavy atom. The van der Waals surface area contributed by atoms with Gasteiger partial charge in [-0.25, -0.2) is 0 Å². The fourth-order valence-electron chi connectivity index (χ4n) is 1.09. The monoisotopic (exact) mass is 244 g/mol. The average Bonchev–Trinajstić information content (AvgIpc) is 2.21. The van der Waals surface area contributed by atoms with E-state index >= 15 is 0 Å². The van der Waals surface area contributed by atoms with Crippen molar-refractivity contribution in [1.82, 2.24) is 5.32 Å². The summed E-state index contributed by atoms with van der Waals surface area (Å²) in [6.45, 7) is 1.90. The summed E-state index contributed by atoms with van der Waals surface area (Å²) in [6, 6.07) is -1.43. The number of amides is 2. The molecular formula is C9H20N6O2. The minimum atomic E-state index is -0.748. The number of primary amides is 1. The third-order valence-electron chi connectivity index (χ3n) is 2.02. The maximum atomic E-state index is 11.3. The Labute approximate surface area is 99.8 Å². The number of nitrogens with two attached hydrogens (primary N) is 4. The molecule has 17 heavy (non-hydrogen) atoms. The molecular weight excluding hydrogens is 224 g/mol. The topological polar surface area (TPSA) is 163 Å². The first-order valence-electron chi connectivity index (χ1n) is 5.25. The van der Waals surface area contributed by atoms with E-state index in [0.717, 1.165) is 0 Å². The van der Waals surface area contributed by atoms with E-state index in [1.54, 1.807) is 0 Å². The van der Waals surface area contributed by atoms with Crippen molar-refractivity contribution in [2.75, 3.05) is 6.54 Å². The lowest BCUT2D eigenvalue weighted by atomic mass is 10.1. The Morgan fingerprint density at radius 1 is 1.29 bits per heavy atom. The van der Waals surface area contributed by atoms with Crippen LogP contribution in [0.25, 0.3) is 0 Å². The minimum Gasteiger partial charge on any atom is -0.370 e. The maximum Gasteiger partial charge on any atom is 0.240 e. The van der Waals surface area contributed by atoms with E-state index in [0.29, 0.717) is 19.4 Å². The van der Waals surface area contributed by atoms with Gasteiger partial charge in [0.1, 0.15) is 6.04 Å². The molecule has 0 spiro atoms. The van der Waals surface area contributed by atoms with Crippen molar-refractivity contribution in [2.24, 2.45) is 27.9 Å². The summed E-state index contributed by atoms with van der Waals surface area (Å²) < 4.78 is 0. The van der Waals surface area contributed by atoms with Crippen LogP contribution in [0.15, 0.2) is 4.99 Å². The third-order valence-corrected chi connectivity index (χ3v) is 2.02. The van der Waals surface area contributed by atoms with Gasteiger partial charge in [-0.1, -0.05) is 0 Å². The quantitative estimate of drug-likeness (QED) is 0.187. The SMILES string of the molecule is CC(N)C(=O)NC(CCCN=C(N)N)C(N)=O. The van der Waals surface area contributed by atoms with E-state index in [1.165, 1.54) is 6.92 Å². The third kappa shape index (κ3) is 7.12. The molecule has 0 aliphatic rings. The molecule has 8 nitrogen and oxygen atoms in total. The van der Waals surface area contributed by atoms with E-state index in [-0.39, 0.29) is 5.96 Å². The zero-order valence-electron chi connectivity index (χ0n) is 9.85. The number of guanidine groups is 1. The van der Waals surface area contributed by atoms with Crippen LogP contribution in [0.1, 0.15) is 19.8 Å². The highest BCUT2D eigenvalue weighted by atomic mass is 16.2. The number of hydrogen-bond acceptors (Lipinski definition) is 4. The molecule has 0 aromatic rings. The predicted molar refractivity (Wildman–Crippen MR) is 64.7 cm³/mol. The van der Waals surface area contributed by atoms with E-state index in [9.17, 15) is 9.59 Å². The molecule has 0 radical (unpaired) electrons. The summed E-state index contributed by atoms with van der Waals surface area (Å²) in [5.74, 6) is -1.04. The molecule has 98 valence electrons. The molecule has 0 aliphatic heterocycles. The highest BCUT2D eigenvalue weighted by Crippen LogP contribution is 1.98. The molecule has 0 aromatic carbocycles. The van der Waals surface area contributed by atoms with Crippen molar-refractivity contribution in [3.63, 3.8) is 0 Å². The van der Waals surface area contributed by atoms with Crippen LogP contribution in [-0.2, 0) is 9.59 Å². The predicted octanol–water partition coefficient (Wildman–Crippen LogP) is -2.64. The van der Waals surface area contributed by atoms with Crippen molar-refractivity contribution in [3.05, 3.63) is 0 Å². The molecule has 0 fully saturated rings. The summed E-state index contributed by atoms with van der Waals surface area (Å²) >= 11 is 0. The van der Waals surface area contributed by atoms with Crippen LogP contribution in [0.5, 0.6) is 0 Å².